The maximum Gasteiger partial charge on any atom is 0.00669 e. The number of hydrogen-bond donors (Lipinski definition) is 1. The molecule has 0 aromatic carbocycles. The van der Waals surface area contributed by atoms with Crippen molar-refractivity contribution in [2.45, 2.75) is 123 Å². The molecule has 21 heavy (non-hydrogen) atoms. The smallest absolute Gasteiger partial charge is 0.00669 e. The van der Waals surface area contributed by atoms with Crippen molar-refractivity contribution in [3.8, 4) is 0 Å². The lowest BCUT2D eigenvalue weighted by Gasteiger charge is -2.17. The molecule has 0 aliphatic rings. The Morgan fingerprint density at radius 1 is 0.524 bits per heavy atom. The second kappa shape index (κ2) is 18.0. The van der Waals surface area contributed by atoms with E-state index in [1.807, 2.05) is 0 Å². The van der Waals surface area contributed by atoms with Crippen LogP contribution < -0.4 is 5.32 Å². The first-order valence-corrected chi connectivity index (χ1v) is 10.1. The van der Waals surface area contributed by atoms with Gasteiger partial charge in [0.2, 0.25) is 0 Å². The largest absolute Gasteiger partial charge is 0.314 e. The SMILES string of the molecule is CCCCCCCCCC(CCCCCCCC)NCC. The van der Waals surface area contributed by atoms with E-state index in [-0.39, 0.29) is 0 Å². The lowest BCUT2D eigenvalue weighted by Crippen LogP contribution is -2.28. The van der Waals surface area contributed by atoms with Gasteiger partial charge in [-0.1, -0.05) is 104 Å². The summed E-state index contributed by atoms with van der Waals surface area (Å²) in [6.45, 7) is 7.97. The quantitative estimate of drug-likeness (QED) is 0.289. The second-order valence-corrected chi connectivity index (χ2v) is 6.72. The van der Waals surface area contributed by atoms with Crippen LogP contribution in [0.25, 0.3) is 0 Å². The fourth-order valence-electron chi connectivity index (χ4n) is 3.16. The average Bonchev–Trinajstić information content (AvgIpc) is 2.49. The van der Waals surface area contributed by atoms with Crippen molar-refractivity contribution in [2.24, 2.45) is 0 Å². The number of unbranched alkanes of at least 4 members (excludes halogenated alkanes) is 11. The summed E-state index contributed by atoms with van der Waals surface area (Å²) in [4.78, 5) is 0. The molecule has 0 aliphatic heterocycles. The summed E-state index contributed by atoms with van der Waals surface area (Å²) in [5, 5.41) is 3.70. The van der Waals surface area contributed by atoms with Crippen LogP contribution in [0.4, 0.5) is 0 Å². The van der Waals surface area contributed by atoms with Crippen LogP contribution in [0.5, 0.6) is 0 Å². The van der Waals surface area contributed by atoms with Crippen molar-refractivity contribution in [1.82, 2.24) is 5.32 Å². The molecule has 0 spiro atoms. The molecule has 0 aliphatic carbocycles. The average molecular weight is 298 g/mol. The first-order valence-electron chi connectivity index (χ1n) is 10.1. The molecule has 0 bridgehead atoms. The van der Waals surface area contributed by atoms with Crippen molar-refractivity contribution in [2.75, 3.05) is 6.54 Å². The van der Waals surface area contributed by atoms with E-state index in [1.165, 1.54) is 96.3 Å². The molecular formula is C20H43N. The predicted molar refractivity (Wildman–Crippen MR) is 98.1 cm³/mol. The molecule has 1 heteroatoms. The Hall–Kier alpha value is -0.0400. The highest BCUT2D eigenvalue weighted by Gasteiger charge is 2.06. The molecule has 0 saturated carbocycles. The van der Waals surface area contributed by atoms with Crippen LogP contribution in [0, 0.1) is 0 Å². The van der Waals surface area contributed by atoms with Gasteiger partial charge in [0.25, 0.3) is 0 Å². The van der Waals surface area contributed by atoms with Crippen LogP contribution in [-0.2, 0) is 0 Å². The summed E-state index contributed by atoms with van der Waals surface area (Å²) in [7, 11) is 0. The molecule has 0 fully saturated rings. The van der Waals surface area contributed by atoms with Crippen LogP contribution in [0.15, 0.2) is 0 Å². The van der Waals surface area contributed by atoms with E-state index in [4.69, 9.17) is 0 Å². The first kappa shape index (κ1) is 21.0. The summed E-state index contributed by atoms with van der Waals surface area (Å²) in [6.07, 6.45) is 21.4. The van der Waals surface area contributed by atoms with E-state index in [1.54, 1.807) is 0 Å². The minimum absolute atomic E-state index is 0.789. The normalized spacial score (nSPS) is 12.7. The van der Waals surface area contributed by atoms with Crippen LogP contribution in [-0.4, -0.2) is 12.6 Å². The fraction of sp³-hybridized carbons (Fsp3) is 1.00. The summed E-state index contributed by atoms with van der Waals surface area (Å²) in [5.41, 5.74) is 0. The number of nitrogens with one attached hydrogen (secondary N) is 1. The third kappa shape index (κ3) is 16.2. The van der Waals surface area contributed by atoms with Gasteiger partial charge in [0, 0.05) is 6.04 Å². The molecule has 1 nitrogen and oxygen atoms in total. The van der Waals surface area contributed by atoms with Gasteiger partial charge in [0.15, 0.2) is 0 Å². The van der Waals surface area contributed by atoms with Gasteiger partial charge in [0.05, 0.1) is 0 Å². The Morgan fingerprint density at radius 2 is 0.905 bits per heavy atom. The zero-order valence-corrected chi connectivity index (χ0v) is 15.4. The lowest BCUT2D eigenvalue weighted by molar-refractivity contribution is 0.419. The fourth-order valence-corrected chi connectivity index (χ4v) is 3.16. The van der Waals surface area contributed by atoms with Crippen LogP contribution in [0.1, 0.15) is 117 Å². The molecule has 0 aromatic heterocycles. The second-order valence-electron chi connectivity index (χ2n) is 6.72. The van der Waals surface area contributed by atoms with Gasteiger partial charge in [-0.3, -0.25) is 0 Å². The van der Waals surface area contributed by atoms with Crippen molar-refractivity contribution in [3.63, 3.8) is 0 Å². The summed E-state index contributed by atoms with van der Waals surface area (Å²) in [6, 6.07) is 0.789. The van der Waals surface area contributed by atoms with Crippen LogP contribution in [0.2, 0.25) is 0 Å². The van der Waals surface area contributed by atoms with E-state index >= 15 is 0 Å². The molecular weight excluding hydrogens is 254 g/mol. The monoisotopic (exact) mass is 297 g/mol. The highest BCUT2D eigenvalue weighted by molar-refractivity contribution is 4.66. The Balaban J connectivity index is 3.44. The minimum Gasteiger partial charge on any atom is -0.314 e. The van der Waals surface area contributed by atoms with Crippen molar-refractivity contribution in [3.05, 3.63) is 0 Å². The third-order valence-electron chi connectivity index (χ3n) is 4.56. The van der Waals surface area contributed by atoms with Gasteiger partial charge in [-0.25, -0.2) is 0 Å². The molecule has 0 aromatic rings. The Labute approximate surface area is 135 Å². The molecule has 0 saturated heterocycles. The summed E-state index contributed by atoms with van der Waals surface area (Å²) in [5.74, 6) is 0. The van der Waals surface area contributed by atoms with E-state index in [0.29, 0.717) is 0 Å². The predicted octanol–water partition coefficient (Wildman–Crippen LogP) is 6.86. The molecule has 1 atom stereocenters. The van der Waals surface area contributed by atoms with Crippen molar-refractivity contribution < 1.29 is 0 Å². The van der Waals surface area contributed by atoms with Gasteiger partial charge in [-0.2, -0.15) is 0 Å². The summed E-state index contributed by atoms with van der Waals surface area (Å²) < 4.78 is 0. The first-order chi connectivity index (χ1) is 10.3. The van der Waals surface area contributed by atoms with Gasteiger partial charge in [-0.15, -0.1) is 0 Å². The Bertz CT molecular complexity index is 179. The highest BCUT2D eigenvalue weighted by Crippen LogP contribution is 2.14. The van der Waals surface area contributed by atoms with Gasteiger partial charge in [-0.05, 0) is 19.4 Å². The maximum atomic E-state index is 3.70. The molecule has 0 rings (SSSR count). The number of hydrogen-bond acceptors (Lipinski definition) is 1. The molecule has 1 unspecified atom stereocenters. The van der Waals surface area contributed by atoms with Crippen molar-refractivity contribution >= 4 is 0 Å². The number of rotatable bonds is 17. The highest BCUT2D eigenvalue weighted by atomic mass is 14.9. The molecule has 1 N–H and O–H groups in total. The lowest BCUT2D eigenvalue weighted by atomic mass is 10.00. The minimum atomic E-state index is 0.789. The zero-order valence-electron chi connectivity index (χ0n) is 15.4. The van der Waals surface area contributed by atoms with Crippen molar-refractivity contribution in [1.29, 1.82) is 0 Å². The van der Waals surface area contributed by atoms with Gasteiger partial charge < -0.3 is 5.32 Å². The van der Waals surface area contributed by atoms with E-state index in [9.17, 15) is 0 Å². The van der Waals surface area contributed by atoms with E-state index in [0.717, 1.165) is 12.6 Å². The van der Waals surface area contributed by atoms with E-state index in [2.05, 4.69) is 26.1 Å². The molecule has 0 radical (unpaired) electrons. The Morgan fingerprint density at radius 3 is 1.29 bits per heavy atom. The maximum absolute atomic E-state index is 3.70. The van der Waals surface area contributed by atoms with Crippen LogP contribution in [0.3, 0.4) is 0 Å². The molecule has 128 valence electrons. The summed E-state index contributed by atoms with van der Waals surface area (Å²) >= 11 is 0. The molecule has 0 amide bonds. The standard InChI is InChI=1S/C20H43N/c1-4-7-9-11-13-15-17-19-20(21-6-3)18-16-14-12-10-8-5-2/h20-21H,4-19H2,1-3H3. The Kier molecular flexibility index (Phi) is 18.0. The molecule has 0 heterocycles. The third-order valence-corrected chi connectivity index (χ3v) is 4.56. The zero-order chi connectivity index (χ0) is 15.6. The van der Waals surface area contributed by atoms with Gasteiger partial charge in [0.1, 0.15) is 0 Å². The van der Waals surface area contributed by atoms with Crippen LogP contribution >= 0.6 is 0 Å². The van der Waals surface area contributed by atoms with E-state index < -0.39 is 0 Å². The topological polar surface area (TPSA) is 12.0 Å². The van der Waals surface area contributed by atoms with Gasteiger partial charge >= 0.3 is 0 Å².